The van der Waals surface area contributed by atoms with Crippen LogP contribution in [0.5, 0.6) is 0 Å². The molecule has 2 N–H and O–H groups in total. The van der Waals surface area contributed by atoms with Crippen molar-refractivity contribution >= 4 is 5.65 Å². The molecule has 0 radical (unpaired) electrons. The molecule has 0 aromatic carbocycles. The lowest BCUT2D eigenvalue weighted by molar-refractivity contribution is 0.815. The average molecular weight is 206 g/mol. The molecule has 5 heteroatoms. The number of hydrogen-bond donors (Lipinski definition) is 2. The number of nitrogens with zero attached hydrogens (tertiary/aromatic N) is 2. The summed E-state index contributed by atoms with van der Waals surface area (Å²) in [6, 6.07) is 1.94. The van der Waals surface area contributed by atoms with Gasteiger partial charge in [0.15, 0.2) is 5.65 Å². The first-order valence-corrected chi connectivity index (χ1v) is 4.86. The summed E-state index contributed by atoms with van der Waals surface area (Å²) in [6.45, 7) is 4.40. The minimum atomic E-state index is -0.0782. The first-order valence-electron chi connectivity index (χ1n) is 4.86. The van der Waals surface area contributed by atoms with E-state index in [1.54, 1.807) is 4.52 Å². The quantitative estimate of drug-likeness (QED) is 0.745. The number of rotatable bonds is 2. The van der Waals surface area contributed by atoms with E-state index in [-0.39, 0.29) is 5.56 Å². The normalized spacial score (nSPS) is 11.1. The number of nitrogens with one attached hydrogen (secondary N) is 2. The molecular formula is C10H14N4O. The Morgan fingerprint density at radius 1 is 1.53 bits per heavy atom. The number of hydrogen-bond acceptors (Lipinski definition) is 3. The second kappa shape index (κ2) is 3.51. The topological polar surface area (TPSA) is 62.2 Å². The van der Waals surface area contributed by atoms with Crippen LogP contribution in [0.15, 0.2) is 10.9 Å². The highest BCUT2D eigenvalue weighted by molar-refractivity contribution is 5.47. The molecule has 0 atom stereocenters. The van der Waals surface area contributed by atoms with Crippen LogP contribution < -0.4 is 10.9 Å². The summed E-state index contributed by atoms with van der Waals surface area (Å²) in [6.07, 6.45) is 0. The molecule has 2 aromatic heterocycles. The summed E-state index contributed by atoms with van der Waals surface area (Å²) in [7, 11) is 1.81. The third-order valence-electron chi connectivity index (χ3n) is 2.38. The Bertz CT molecular complexity index is 552. The Kier molecular flexibility index (Phi) is 2.32. The highest BCUT2D eigenvalue weighted by atomic mass is 16.1. The van der Waals surface area contributed by atoms with Gasteiger partial charge < -0.3 is 5.32 Å². The molecule has 0 saturated carbocycles. The fourth-order valence-corrected chi connectivity index (χ4v) is 1.73. The van der Waals surface area contributed by atoms with Gasteiger partial charge in [0.25, 0.3) is 5.56 Å². The van der Waals surface area contributed by atoms with Crippen molar-refractivity contribution in [2.75, 3.05) is 7.05 Å². The molecule has 80 valence electrons. The molecule has 0 aliphatic heterocycles. The van der Waals surface area contributed by atoms with E-state index in [9.17, 15) is 4.79 Å². The Labute approximate surface area is 87.1 Å². The van der Waals surface area contributed by atoms with E-state index in [2.05, 4.69) is 15.4 Å². The third-order valence-corrected chi connectivity index (χ3v) is 2.38. The number of aromatic nitrogens is 3. The number of fused-ring (bicyclic) bond motifs is 1. The van der Waals surface area contributed by atoms with Crippen molar-refractivity contribution in [3.63, 3.8) is 0 Å². The van der Waals surface area contributed by atoms with Gasteiger partial charge in [0.05, 0.1) is 5.56 Å². The lowest BCUT2D eigenvalue weighted by atomic mass is 10.3. The van der Waals surface area contributed by atoms with Crippen molar-refractivity contribution in [1.82, 2.24) is 19.9 Å². The highest BCUT2D eigenvalue weighted by Crippen LogP contribution is 2.07. The average Bonchev–Trinajstić information content (AvgIpc) is 2.46. The molecule has 2 heterocycles. The summed E-state index contributed by atoms with van der Waals surface area (Å²) < 4.78 is 1.72. The lowest BCUT2D eigenvalue weighted by Crippen LogP contribution is -2.14. The highest BCUT2D eigenvalue weighted by Gasteiger charge is 2.10. The van der Waals surface area contributed by atoms with Crippen LogP contribution >= 0.6 is 0 Å². The second-order valence-electron chi connectivity index (χ2n) is 3.65. The van der Waals surface area contributed by atoms with Crippen molar-refractivity contribution in [1.29, 1.82) is 0 Å². The second-order valence-corrected chi connectivity index (χ2v) is 3.65. The van der Waals surface area contributed by atoms with Gasteiger partial charge in [0.2, 0.25) is 0 Å². The number of H-pyrrole nitrogens is 1. The first kappa shape index (κ1) is 9.92. The molecule has 0 bridgehead atoms. The zero-order valence-corrected chi connectivity index (χ0v) is 9.09. The van der Waals surface area contributed by atoms with Gasteiger partial charge in [-0.25, -0.2) is 9.50 Å². The zero-order chi connectivity index (χ0) is 11.0. The van der Waals surface area contributed by atoms with Crippen LogP contribution in [0.1, 0.15) is 17.0 Å². The van der Waals surface area contributed by atoms with Gasteiger partial charge in [-0.3, -0.25) is 9.89 Å². The lowest BCUT2D eigenvalue weighted by Gasteiger charge is -2.02. The molecule has 5 nitrogen and oxygen atoms in total. The van der Waals surface area contributed by atoms with Crippen LogP contribution in [-0.2, 0) is 6.54 Å². The minimum absolute atomic E-state index is 0.0782. The smallest absolute Gasteiger partial charge is 0.271 e. The van der Waals surface area contributed by atoms with Gasteiger partial charge in [-0.1, -0.05) is 0 Å². The van der Waals surface area contributed by atoms with Gasteiger partial charge in [-0.15, -0.1) is 0 Å². The van der Waals surface area contributed by atoms with E-state index in [4.69, 9.17) is 0 Å². The molecule has 0 aliphatic carbocycles. The zero-order valence-electron chi connectivity index (χ0n) is 9.09. The van der Waals surface area contributed by atoms with Crippen molar-refractivity contribution in [3.8, 4) is 0 Å². The molecule has 0 saturated heterocycles. The predicted molar refractivity (Wildman–Crippen MR) is 58.1 cm³/mol. The minimum Gasteiger partial charge on any atom is -0.315 e. The summed E-state index contributed by atoms with van der Waals surface area (Å²) in [5.41, 5.74) is 3.22. The standard InChI is InChI=1S/C10H14N4O/c1-6-4-7(2)14-9(12-6)8(5-11-3)10(15)13-14/h4,11H,5H2,1-3H3,(H,13,15). The van der Waals surface area contributed by atoms with Gasteiger partial charge in [-0.05, 0) is 27.0 Å². The Balaban J connectivity index is 2.80. The van der Waals surface area contributed by atoms with Gasteiger partial charge in [-0.2, -0.15) is 0 Å². The molecule has 0 unspecified atom stereocenters. The van der Waals surface area contributed by atoms with E-state index >= 15 is 0 Å². The fourth-order valence-electron chi connectivity index (χ4n) is 1.73. The Morgan fingerprint density at radius 2 is 2.27 bits per heavy atom. The molecule has 0 spiro atoms. The Hall–Kier alpha value is -1.62. The van der Waals surface area contributed by atoms with Crippen LogP contribution in [0.2, 0.25) is 0 Å². The molecule has 2 aromatic rings. The molecule has 15 heavy (non-hydrogen) atoms. The number of aryl methyl sites for hydroxylation is 2. The van der Waals surface area contributed by atoms with Crippen LogP contribution in [-0.4, -0.2) is 21.6 Å². The fraction of sp³-hybridized carbons (Fsp3) is 0.400. The van der Waals surface area contributed by atoms with Crippen LogP contribution in [0.25, 0.3) is 5.65 Å². The van der Waals surface area contributed by atoms with Gasteiger partial charge in [0, 0.05) is 17.9 Å². The van der Waals surface area contributed by atoms with E-state index in [0.717, 1.165) is 11.4 Å². The molecule has 2 rings (SSSR count). The maximum atomic E-state index is 11.6. The monoisotopic (exact) mass is 206 g/mol. The molecule has 0 aliphatic rings. The summed E-state index contributed by atoms with van der Waals surface area (Å²) in [5.74, 6) is 0. The maximum absolute atomic E-state index is 11.6. The molecule has 0 amide bonds. The van der Waals surface area contributed by atoms with Gasteiger partial charge in [0.1, 0.15) is 0 Å². The predicted octanol–water partition coefficient (Wildman–Crippen LogP) is 0.359. The van der Waals surface area contributed by atoms with Crippen LogP contribution in [0.3, 0.4) is 0 Å². The number of aromatic amines is 1. The summed E-state index contributed by atoms with van der Waals surface area (Å²) >= 11 is 0. The van der Waals surface area contributed by atoms with Crippen molar-refractivity contribution in [3.05, 3.63) is 33.4 Å². The van der Waals surface area contributed by atoms with Gasteiger partial charge >= 0.3 is 0 Å². The van der Waals surface area contributed by atoms with Crippen molar-refractivity contribution in [2.45, 2.75) is 20.4 Å². The van der Waals surface area contributed by atoms with Crippen LogP contribution in [0, 0.1) is 13.8 Å². The van der Waals surface area contributed by atoms with E-state index < -0.39 is 0 Å². The van der Waals surface area contributed by atoms with E-state index in [1.807, 2.05) is 27.0 Å². The Morgan fingerprint density at radius 3 is 2.93 bits per heavy atom. The summed E-state index contributed by atoms with van der Waals surface area (Å²) in [5, 5.41) is 5.73. The molecular weight excluding hydrogens is 192 g/mol. The van der Waals surface area contributed by atoms with Crippen molar-refractivity contribution in [2.24, 2.45) is 0 Å². The third kappa shape index (κ3) is 1.55. The van der Waals surface area contributed by atoms with E-state index in [1.165, 1.54) is 0 Å². The van der Waals surface area contributed by atoms with Crippen molar-refractivity contribution < 1.29 is 0 Å². The maximum Gasteiger partial charge on any atom is 0.271 e. The molecule has 0 fully saturated rings. The summed E-state index contributed by atoms with van der Waals surface area (Å²) in [4.78, 5) is 16.0. The SMILES string of the molecule is CNCc1c(=O)[nH]n2c(C)cc(C)nc12. The first-order chi connectivity index (χ1) is 7.13. The largest absolute Gasteiger partial charge is 0.315 e. The van der Waals surface area contributed by atoms with E-state index in [0.29, 0.717) is 17.8 Å². The van der Waals surface area contributed by atoms with Crippen LogP contribution in [0.4, 0.5) is 0 Å².